The molecule has 0 saturated carbocycles. The Balaban J connectivity index is 1.90. The quantitative estimate of drug-likeness (QED) is 0.790. The molecule has 0 radical (unpaired) electrons. The van der Waals surface area contributed by atoms with Crippen LogP contribution in [0.15, 0.2) is 6.20 Å². The van der Waals surface area contributed by atoms with Gasteiger partial charge in [-0.25, -0.2) is 4.98 Å². The summed E-state index contributed by atoms with van der Waals surface area (Å²) in [7, 11) is 0. The van der Waals surface area contributed by atoms with Gasteiger partial charge >= 0.3 is 0 Å². The fourth-order valence-electron chi connectivity index (χ4n) is 1.69. The fraction of sp³-hybridized carbons (Fsp3) is 0.600. The zero-order valence-electron chi connectivity index (χ0n) is 8.95. The van der Waals surface area contributed by atoms with Crippen LogP contribution in [-0.2, 0) is 4.74 Å². The lowest BCUT2D eigenvalue weighted by atomic mass is 10.1. The predicted octanol–water partition coefficient (Wildman–Crippen LogP) is 1.69. The highest BCUT2D eigenvalue weighted by Crippen LogP contribution is 2.18. The summed E-state index contributed by atoms with van der Waals surface area (Å²) in [6.07, 6.45) is 5.18. The number of anilines is 2. The molecule has 2 rings (SSSR count). The van der Waals surface area contributed by atoms with E-state index in [1.165, 1.54) is 12.6 Å². The normalized spacial score (nSPS) is 20.7. The van der Waals surface area contributed by atoms with Gasteiger partial charge in [-0.05, 0) is 30.9 Å². The largest absolute Gasteiger partial charge is 0.394 e. The minimum atomic E-state index is 0.196. The minimum absolute atomic E-state index is 0.196. The average Bonchev–Trinajstić information content (AvgIpc) is 2.32. The smallest absolute Gasteiger partial charge is 0.224 e. The third kappa shape index (κ3) is 2.96. The van der Waals surface area contributed by atoms with Crippen molar-refractivity contribution in [2.75, 3.05) is 24.2 Å². The van der Waals surface area contributed by atoms with Crippen molar-refractivity contribution in [3.8, 4) is 0 Å². The molecule has 0 bridgehead atoms. The molecule has 1 aromatic rings. The van der Waals surface area contributed by atoms with Crippen LogP contribution >= 0.6 is 11.6 Å². The zero-order valence-corrected chi connectivity index (χ0v) is 9.70. The molecule has 0 aliphatic carbocycles. The van der Waals surface area contributed by atoms with Gasteiger partial charge < -0.3 is 15.8 Å². The molecule has 5 nitrogen and oxygen atoms in total. The molecule has 0 aromatic carbocycles. The topological polar surface area (TPSA) is 73.1 Å². The summed E-state index contributed by atoms with van der Waals surface area (Å²) in [5, 5.41) is 3.33. The van der Waals surface area contributed by atoms with E-state index in [1.807, 2.05) is 0 Å². The van der Waals surface area contributed by atoms with E-state index in [9.17, 15) is 0 Å². The van der Waals surface area contributed by atoms with Gasteiger partial charge in [0.25, 0.3) is 0 Å². The molecule has 0 spiro atoms. The SMILES string of the molecule is Nc1cnc(Cl)nc1NCC1CCCCO1. The maximum Gasteiger partial charge on any atom is 0.224 e. The van der Waals surface area contributed by atoms with Gasteiger partial charge in [0.1, 0.15) is 0 Å². The van der Waals surface area contributed by atoms with Crippen LogP contribution < -0.4 is 11.1 Å². The van der Waals surface area contributed by atoms with Crippen molar-refractivity contribution < 1.29 is 4.74 Å². The number of nitrogens with two attached hydrogens (primary N) is 1. The number of nitrogens with zero attached hydrogens (tertiary/aromatic N) is 2. The first-order chi connectivity index (χ1) is 7.75. The van der Waals surface area contributed by atoms with Crippen LogP contribution in [0.25, 0.3) is 0 Å². The molecule has 1 atom stereocenters. The summed E-state index contributed by atoms with van der Waals surface area (Å²) in [4.78, 5) is 7.81. The minimum Gasteiger partial charge on any atom is -0.394 e. The number of rotatable bonds is 3. The Morgan fingerprint density at radius 1 is 1.56 bits per heavy atom. The van der Waals surface area contributed by atoms with Crippen LogP contribution in [0.2, 0.25) is 5.28 Å². The van der Waals surface area contributed by atoms with Crippen LogP contribution in [0.4, 0.5) is 11.5 Å². The molecule has 1 fully saturated rings. The second kappa shape index (κ2) is 5.32. The van der Waals surface area contributed by atoms with Crippen molar-refractivity contribution in [3.63, 3.8) is 0 Å². The first-order valence-electron chi connectivity index (χ1n) is 5.39. The number of halogens is 1. The molecular formula is C10H15ClN4O. The summed E-state index contributed by atoms with van der Waals surface area (Å²) < 4.78 is 5.59. The van der Waals surface area contributed by atoms with E-state index in [-0.39, 0.29) is 11.4 Å². The number of ether oxygens (including phenoxy) is 1. The number of hydrogen-bond acceptors (Lipinski definition) is 5. The molecule has 1 saturated heterocycles. The van der Waals surface area contributed by atoms with E-state index in [1.54, 1.807) is 0 Å². The molecular weight excluding hydrogens is 228 g/mol. The lowest BCUT2D eigenvalue weighted by Crippen LogP contribution is -2.27. The van der Waals surface area contributed by atoms with E-state index in [0.29, 0.717) is 18.1 Å². The Kier molecular flexibility index (Phi) is 3.79. The van der Waals surface area contributed by atoms with E-state index >= 15 is 0 Å². The summed E-state index contributed by atoms with van der Waals surface area (Å²) >= 11 is 5.69. The van der Waals surface area contributed by atoms with E-state index in [2.05, 4.69) is 15.3 Å². The Bertz CT molecular complexity index is 355. The summed E-state index contributed by atoms with van der Waals surface area (Å²) in [5.41, 5.74) is 6.22. The Morgan fingerprint density at radius 3 is 3.19 bits per heavy atom. The van der Waals surface area contributed by atoms with Crippen molar-refractivity contribution in [3.05, 3.63) is 11.5 Å². The highest BCUT2D eigenvalue weighted by molar-refractivity contribution is 6.28. The highest BCUT2D eigenvalue weighted by Gasteiger charge is 2.14. The van der Waals surface area contributed by atoms with E-state index < -0.39 is 0 Å². The first kappa shape index (κ1) is 11.4. The van der Waals surface area contributed by atoms with Crippen LogP contribution in [0.3, 0.4) is 0 Å². The van der Waals surface area contributed by atoms with E-state index in [0.717, 1.165) is 19.4 Å². The number of nitrogens with one attached hydrogen (secondary N) is 1. The molecule has 1 aromatic heterocycles. The second-order valence-electron chi connectivity index (χ2n) is 3.81. The van der Waals surface area contributed by atoms with Crippen molar-refractivity contribution in [2.45, 2.75) is 25.4 Å². The van der Waals surface area contributed by atoms with Gasteiger partial charge in [-0.15, -0.1) is 0 Å². The van der Waals surface area contributed by atoms with Gasteiger partial charge in [0, 0.05) is 13.2 Å². The van der Waals surface area contributed by atoms with Gasteiger partial charge in [-0.3, -0.25) is 0 Å². The number of hydrogen-bond donors (Lipinski definition) is 2. The Morgan fingerprint density at radius 2 is 2.44 bits per heavy atom. The van der Waals surface area contributed by atoms with Crippen molar-refractivity contribution >= 4 is 23.1 Å². The Labute approximate surface area is 99.4 Å². The van der Waals surface area contributed by atoms with Gasteiger partial charge in [0.15, 0.2) is 5.82 Å². The molecule has 1 aliphatic rings. The maximum atomic E-state index is 5.72. The maximum absolute atomic E-state index is 5.72. The van der Waals surface area contributed by atoms with Crippen LogP contribution in [0.1, 0.15) is 19.3 Å². The monoisotopic (exact) mass is 242 g/mol. The lowest BCUT2D eigenvalue weighted by molar-refractivity contribution is 0.0247. The van der Waals surface area contributed by atoms with Crippen LogP contribution in [-0.4, -0.2) is 29.2 Å². The molecule has 16 heavy (non-hydrogen) atoms. The summed E-state index contributed by atoms with van der Waals surface area (Å²) in [6, 6.07) is 0. The summed E-state index contributed by atoms with van der Waals surface area (Å²) in [6.45, 7) is 1.55. The lowest BCUT2D eigenvalue weighted by Gasteiger charge is -2.23. The summed E-state index contributed by atoms with van der Waals surface area (Å²) in [5.74, 6) is 0.578. The molecule has 1 aliphatic heterocycles. The predicted molar refractivity (Wildman–Crippen MR) is 63.5 cm³/mol. The third-order valence-electron chi connectivity index (χ3n) is 2.56. The number of aromatic nitrogens is 2. The molecule has 6 heteroatoms. The van der Waals surface area contributed by atoms with Gasteiger partial charge in [0.05, 0.1) is 18.0 Å². The van der Waals surface area contributed by atoms with Crippen LogP contribution in [0, 0.1) is 0 Å². The molecule has 1 unspecified atom stereocenters. The van der Waals surface area contributed by atoms with Gasteiger partial charge in [0.2, 0.25) is 5.28 Å². The zero-order chi connectivity index (χ0) is 11.4. The molecule has 3 N–H and O–H groups in total. The Hall–Kier alpha value is -1.07. The van der Waals surface area contributed by atoms with Crippen molar-refractivity contribution in [2.24, 2.45) is 0 Å². The standard InChI is InChI=1S/C10H15ClN4O/c11-10-14-6-8(12)9(15-10)13-5-7-3-1-2-4-16-7/h6-7H,1-5,12H2,(H,13,14,15). The molecule has 0 amide bonds. The molecule has 88 valence electrons. The highest BCUT2D eigenvalue weighted by atomic mass is 35.5. The first-order valence-corrected chi connectivity index (χ1v) is 5.77. The van der Waals surface area contributed by atoms with Crippen molar-refractivity contribution in [1.29, 1.82) is 0 Å². The van der Waals surface area contributed by atoms with Crippen molar-refractivity contribution in [1.82, 2.24) is 9.97 Å². The van der Waals surface area contributed by atoms with Gasteiger partial charge in [-0.2, -0.15) is 4.98 Å². The number of nitrogen functional groups attached to an aromatic ring is 1. The van der Waals surface area contributed by atoms with E-state index in [4.69, 9.17) is 22.1 Å². The average molecular weight is 243 g/mol. The van der Waals surface area contributed by atoms with Crippen LogP contribution in [0.5, 0.6) is 0 Å². The third-order valence-corrected chi connectivity index (χ3v) is 2.74. The fourth-order valence-corrected chi connectivity index (χ4v) is 1.82. The van der Waals surface area contributed by atoms with Gasteiger partial charge in [-0.1, -0.05) is 0 Å². The molecule has 2 heterocycles. The second-order valence-corrected chi connectivity index (χ2v) is 4.15.